The number of ether oxygens (including phenoxy) is 2. The number of aromatic nitrogens is 2. The Kier molecular flexibility index (Phi) is 5.19. The monoisotopic (exact) mass is 379 g/mol. The smallest absolute Gasteiger partial charge is 0.260 e. The van der Waals surface area contributed by atoms with Crippen LogP contribution in [0.15, 0.2) is 42.7 Å². The summed E-state index contributed by atoms with van der Waals surface area (Å²) in [5.74, 6) is 1.71. The van der Waals surface area contributed by atoms with Crippen LogP contribution in [0.5, 0.6) is 11.5 Å². The van der Waals surface area contributed by atoms with Crippen LogP contribution in [0.2, 0.25) is 0 Å². The summed E-state index contributed by atoms with van der Waals surface area (Å²) in [6.45, 7) is 3.50. The van der Waals surface area contributed by atoms with E-state index in [-0.39, 0.29) is 12.5 Å². The average Bonchev–Trinajstić information content (AvgIpc) is 3.17. The molecule has 0 radical (unpaired) electrons. The second-order valence-electron chi connectivity index (χ2n) is 7.29. The first-order valence-corrected chi connectivity index (χ1v) is 9.62. The maximum atomic E-state index is 12.6. The lowest BCUT2D eigenvalue weighted by Crippen LogP contribution is -2.40. The molecule has 1 aliphatic heterocycles. The number of piperidine rings is 1. The number of benzene rings is 1. The van der Waals surface area contributed by atoms with Gasteiger partial charge < -0.3 is 19.4 Å². The highest BCUT2D eigenvalue weighted by atomic mass is 16.5. The van der Waals surface area contributed by atoms with E-state index < -0.39 is 0 Å². The van der Waals surface area contributed by atoms with Gasteiger partial charge in [0.05, 0.1) is 7.11 Å². The van der Waals surface area contributed by atoms with Crippen LogP contribution in [-0.4, -0.2) is 47.6 Å². The van der Waals surface area contributed by atoms with Gasteiger partial charge in [0, 0.05) is 48.0 Å². The van der Waals surface area contributed by atoms with Crippen molar-refractivity contribution in [3.63, 3.8) is 0 Å². The summed E-state index contributed by atoms with van der Waals surface area (Å²) < 4.78 is 11.1. The Balaban J connectivity index is 1.32. The number of fused-ring (bicyclic) bond motifs is 1. The SMILES string of the molecule is COc1cc(C)ccc1OCC(=O)N1CCC(c2cc3cnccc3[nH]2)CC1. The highest BCUT2D eigenvalue weighted by Gasteiger charge is 2.25. The molecule has 6 heteroatoms. The van der Waals surface area contributed by atoms with Gasteiger partial charge >= 0.3 is 0 Å². The third-order valence-corrected chi connectivity index (χ3v) is 5.40. The number of amides is 1. The number of rotatable bonds is 5. The first-order valence-electron chi connectivity index (χ1n) is 9.62. The maximum Gasteiger partial charge on any atom is 0.260 e. The molecule has 3 aromatic rings. The van der Waals surface area contributed by atoms with E-state index in [1.165, 1.54) is 5.69 Å². The number of methoxy groups -OCH3 is 1. The predicted octanol–water partition coefficient (Wildman–Crippen LogP) is 3.66. The zero-order valence-electron chi connectivity index (χ0n) is 16.3. The molecule has 3 heterocycles. The minimum Gasteiger partial charge on any atom is -0.493 e. The lowest BCUT2D eigenvalue weighted by Gasteiger charge is -2.31. The van der Waals surface area contributed by atoms with Crippen molar-refractivity contribution in [3.05, 3.63) is 54.0 Å². The van der Waals surface area contributed by atoms with Crippen LogP contribution in [0.1, 0.15) is 30.0 Å². The fourth-order valence-electron chi connectivity index (χ4n) is 3.78. The molecule has 28 heavy (non-hydrogen) atoms. The van der Waals surface area contributed by atoms with Gasteiger partial charge in [-0.05, 0) is 49.6 Å². The third-order valence-electron chi connectivity index (χ3n) is 5.40. The number of aromatic amines is 1. The van der Waals surface area contributed by atoms with Crippen molar-refractivity contribution in [1.29, 1.82) is 0 Å². The van der Waals surface area contributed by atoms with Crippen molar-refractivity contribution >= 4 is 16.8 Å². The Bertz CT molecular complexity index is 941. The normalized spacial score (nSPS) is 15.0. The molecule has 0 saturated carbocycles. The number of likely N-dealkylation sites (tertiary alicyclic amines) is 1. The van der Waals surface area contributed by atoms with Crippen LogP contribution in [-0.2, 0) is 4.79 Å². The first kappa shape index (κ1) is 18.3. The Morgan fingerprint density at radius 2 is 2.04 bits per heavy atom. The number of nitrogens with zero attached hydrogens (tertiary/aromatic N) is 2. The minimum atomic E-state index is 0.0157. The van der Waals surface area contributed by atoms with Gasteiger partial charge in [0.1, 0.15) is 0 Å². The molecular weight excluding hydrogens is 354 g/mol. The topological polar surface area (TPSA) is 67.5 Å². The molecule has 0 spiro atoms. The first-order chi connectivity index (χ1) is 13.6. The number of H-pyrrole nitrogens is 1. The number of carbonyl (C=O) groups is 1. The third kappa shape index (κ3) is 3.81. The molecule has 1 fully saturated rings. The predicted molar refractivity (Wildman–Crippen MR) is 108 cm³/mol. The molecule has 0 unspecified atom stereocenters. The second-order valence-corrected chi connectivity index (χ2v) is 7.29. The van der Waals surface area contributed by atoms with Crippen LogP contribution in [0.3, 0.4) is 0 Å². The zero-order chi connectivity index (χ0) is 19.5. The fraction of sp³-hybridized carbons (Fsp3) is 0.364. The highest BCUT2D eigenvalue weighted by molar-refractivity contribution is 5.79. The summed E-state index contributed by atoms with van der Waals surface area (Å²) in [4.78, 5) is 22.1. The van der Waals surface area contributed by atoms with E-state index >= 15 is 0 Å². The molecule has 0 bridgehead atoms. The molecule has 2 aromatic heterocycles. The van der Waals surface area contributed by atoms with Crippen LogP contribution in [0.4, 0.5) is 0 Å². The highest BCUT2D eigenvalue weighted by Crippen LogP contribution is 2.30. The molecule has 1 saturated heterocycles. The van der Waals surface area contributed by atoms with Crippen molar-refractivity contribution in [1.82, 2.24) is 14.9 Å². The molecule has 0 atom stereocenters. The van der Waals surface area contributed by atoms with Gasteiger partial charge in [-0.2, -0.15) is 0 Å². The van der Waals surface area contributed by atoms with Gasteiger partial charge in [-0.25, -0.2) is 0 Å². The number of pyridine rings is 1. The maximum absolute atomic E-state index is 12.6. The van der Waals surface area contributed by atoms with Crippen LogP contribution in [0, 0.1) is 6.92 Å². The molecular formula is C22H25N3O3. The van der Waals surface area contributed by atoms with Gasteiger partial charge in [0.25, 0.3) is 5.91 Å². The Hall–Kier alpha value is -3.02. The Labute approximate surface area is 164 Å². The second kappa shape index (κ2) is 7.92. The summed E-state index contributed by atoms with van der Waals surface area (Å²) in [6.07, 6.45) is 5.57. The molecule has 146 valence electrons. The lowest BCUT2D eigenvalue weighted by atomic mass is 9.93. The summed E-state index contributed by atoms with van der Waals surface area (Å²) in [7, 11) is 1.61. The van der Waals surface area contributed by atoms with Gasteiger partial charge in [0.2, 0.25) is 0 Å². The molecule has 1 aromatic carbocycles. The molecule has 1 aliphatic rings. The zero-order valence-corrected chi connectivity index (χ0v) is 16.3. The van der Waals surface area contributed by atoms with Gasteiger partial charge in [-0.1, -0.05) is 6.07 Å². The summed E-state index contributed by atoms with van der Waals surface area (Å²) in [5, 5.41) is 1.14. The Morgan fingerprint density at radius 1 is 1.21 bits per heavy atom. The van der Waals surface area contributed by atoms with Gasteiger partial charge in [0.15, 0.2) is 18.1 Å². The van der Waals surface area contributed by atoms with Crippen molar-refractivity contribution < 1.29 is 14.3 Å². The van der Waals surface area contributed by atoms with E-state index in [0.717, 1.165) is 42.4 Å². The van der Waals surface area contributed by atoms with Crippen molar-refractivity contribution in [3.8, 4) is 11.5 Å². The van der Waals surface area contributed by atoms with E-state index in [1.807, 2.05) is 42.3 Å². The fourth-order valence-corrected chi connectivity index (χ4v) is 3.78. The minimum absolute atomic E-state index is 0.0157. The Morgan fingerprint density at radius 3 is 2.79 bits per heavy atom. The lowest BCUT2D eigenvalue weighted by molar-refractivity contribution is -0.134. The van der Waals surface area contributed by atoms with E-state index in [2.05, 4.69) is 16.0 Å². The van der Waals surface area contributed by atoms with Crippen molar-refractivity contribution in [2.45, 2.75) is 25.7 Å². The van der Waals surface area contributed by atoms with E-state index in [4.69, 9.17) is 9.47 Å². The van der Waals surface area contributed by atoms with Crippen LogP contribution in [0.25, 0.3) is 10.9 Å². The van der Waals surface area contributed by atoms with E-state index in [9.17, 15) is 4.79 Å². The number of hydrogen-bond donors (Lipinski definition) is 1. The number of hydrogen-bond acceptors (Lipinski definition) is 4. The number of carbonyl (C=O) groups excluding carboxylic acids is 1. The van der Waals surface area contributed by atoms with E-state index in [1.54, 1.807) is 13.3 Å². The average molecular weight is 379 g/mol. The molecule has 6 nitrogen and oxygen atoms in total. The quantitative estimate of drug-likeness (QED) is 0.735. The number of nitrogens with one attached hydrogen (secondary N) is 1. The molecule has 1 amide bonds. The van der Waals surface area contributed by atoms with Crippen LogP contribution < -0.4 is 9.47 Å². The van der Waals surface area contributed by atoms with Crippen molar-refractivity contribution in [2.75, 3.05) is 26.8 Å². The number of aryl methyl sites for hydroxylation is 1. The summed E-state index contributed by atoms with van der Waals surface area (Å²) in [6, 6.07) is 9.87. The largest absolute Gasteiger partial charge is 0.493 e. The summed E-state index contributed by atoms with van der Waals surface area (Å²) in [5.41, 5.74) is 3.44. The van der Waals surface area contributed by atoms with Gasteiger partial charge in [-0.15, -0.1) is 0 Å². The molecule has 1 N–H and O–H groups in total. The molecule has 0 aliphatic carbocycles. The van der Waals surface area contributed by atoms with E-state index in [0.29, 0.717) is 17.4 Å². The molecule has 4 rings (SSSR count). The van der Waals surface area contributed by atoms with Crippen LogP contribution >= 0.6 is 0 Å². The van der Waals surface area contributed by atoms with Crippen molar-refractivity contribution in [2.24, 2.45) is 0 Å². The van der Waals surface area contributed by atoms with Gasteiger partial charge in [-0.3, -0.25) is 9.78 Å². The summed E-state index contributed by atoms with van der Waals surface area (Å²) >= 11 is 0. The standard InChI is InChI=1S/C22H25N3O3/c1-15-3-4-20(21(11-15)27-2)28-14-22(26)25-9-6-16(7-10-25)19-12-17-13-23-8-5-18(17)24-19/h3-5,8,11-13,16,24H,6-7,9-10,14H2,1-2H3.